The van der Waals surface area contributed by atoms with Crippen molar-refractivity contribution < 1.29 is 24.2 Å². The van der Waals surface area contributed by atoms with Crippen molar-refractivity contribution in [2.24, 2.45) is 5.92 Å². The van der Waals surface area contributed by atoms with Crippen molar-refractivity contribution in [1.29, 1.82) is 0 Å². The molecule has 1 aliphatic heterocycles. The molecule has 1 N–H and O–H groups in total. The molecule has 47 heavy (non-hydrogen) atoms. The van der Waals surface area contributed by atoms with Gasteiger partial charge in [-0.1, -0.05) is 42.5 Å². The van der Waals surface area contributed by atoms with Crippen molar-refractivity contribution in [3.63, 3.8) is 0 Å². The third kappa shape index (κ3) is 7.74. The summed E-state index contributed by atoms with van der Waals surface area (Å²) in [6.45, 7) is 8.57. The summed E-state index contributed by atoms with van der Waals surface area (Å²) in [6, 6.07) is 19.1. The molecule has 1 saturated carbocycles. The number of piperidine rings is 1. The average molecular weight is 658 g/mol. The zero-order valence-electron chi connectivity index (χ0n) is 28.0. The van der Waals surface area contributed by atoms with Gasteiger partial charge in [0.15, 0.2) is 0 Å². The first-order chi connectivity index (χ1) is 22.6. The number of likely N-dealkylation sites (tertiary alicyclic amines) is 1. The second kappa shape index (κ2) is 14.2. The van der Waals surface area contributed by atoms with E-state index in [1.807, 2.05) is 26.8 Å². The number of carbonyl (C=O) groups excluding carboxylic acids is 2. The molecule has 2 aliphatic rings. The molecule has 0 unspecified atom stereocenters. The van der Waals surface area contributed by atoms with E-state index in [4.69, 9.17) is 9.47 Å². The van der Waals surface area contributed by atoms with Gasteiger partial charge in [0.1, 0.15) is 5.60 Å². The molecule has 2 atom stereocenters. The molecule has 3 heterocycles. The molecule has 1 saturated heterocycles. The maximum absolute atomic E-state index is 14.9. The number of hydrogen-bond acceptors (Lipinski definition) is 6. The smallest absolute Gasteiger partial charge is 0.410 e. The SMILES string of the molecule is COCCCn1cc(CN(C(=O)[C@H]2CN(C(=O)OC(C)(C)C)CC[C@@H]2c2cccc(-c3csc(CO)c3)c2)C2CC2)c2ccccc21. The van der Waals surface area contributed by atoms with Crippen LogP contribution in [0.3, 0.4) is 0 Å². The second-order valence-corrected chi connectivity index (χ2v) is 14.9. The van der Waals surface area contributed by atoms with Gasteiger partial charge in [-0.25, -0.2) is 4.79 Å². The number of para-hydroxylation sites is 1. The zero-order valence-corrected chi connectivity index (χ0v) is 28.8. The quantitative estimate of drug-likeness (QED) is 0.170. The molecule has 2 amide bonds. The van der Waals surface area contributed by atoms with Gasteiger partial charge < -0.3 is 28.9 Å². The molecule has 2 aromatic carbocycles. The monoisotopic (exact) mass is 657 g/mol. The van der Waals surface area contributed by atoms with E-state index >= 15 is 0 Å². The number of fused-ring (bicyclic) bond motifs is 1. The van der Waals surface area contributed by atoms with Gasteiger partial charge in [-0.05, 0) is 92.1 Å². The second-order valence-electron chi connectivity index (χ2n) is 13.9. The Morgan fingerprint density at radius 1 is 1.04 bits per heavy atom. The summed E-state index contributed by atoms with van der Waals surface area (Å²) in [5.74, 6) is -0.350. The number of aryl methyl sites for hydroxylation is 1. The Hall–Kier alpha value is -3.66. The number of aliphatic hydroxyl groups excluding tert-OH is 1. The van der Waals surface area contributed by atoms with Gasteiger partial charge in [-0.15, -0.1) is 11.3 Å². The van der Waals surface area contributed by atoms with Crippen LogP contribution in [0.5, 0.6) is 0 Å². The van der Waals surface area contributed by atoms with Crippen LogP contribution in [0, 0.1) is 5.92 Å². The van der Waals surface area contributed by atoms with Gasteiger partial charge in [-0.3, -0.25) is 4.79 Å². The number of benzene rings is 2. The standard InChI is InChI=1S/C38H47N3O5S/c1-38(2,3)46-37(44)40-17-15-32(27-10-7-9-26(19-27)28-20-31(24-42)47-25-28)34(23-40)36(43)41(30-13-14-30)22-29-21-39(16-8-18-45-4)35-12-6-5-11-33(29)35/h5-7,9-12,19-21,25,30,32,34,42H,8,13-18,22-24H2,1-4H3/t32-,34+/m1/s1. The van der Waals surface area contributed by atoms with Crippen LogP contribution in [0.15, 0.2) is 66.2 Å². The molecule has 0 radical (unpaired) electrons. The number of thiophene rings is 1. The summed E-state index contributed by atoms with van der Waals surface area (Å²) < 4.78 is 13.4. The number of aromatic nitrogens is 1. The molecule has 8 nitrogen and oxygen atoms in total. The molecule has 2 aromatic heterocycles. The minimum absolute atomic E-state index is 0.0207. The number of rotatable bonds is 11. The van der Waals surface area contributed by atoms with E-state index < -0.39 is 11.5 Å². The maximum atomic E-state index is 14.9. The molecule has 0 spiro atoms. The molecule has 6 rings (SSSR count). The summed E-state index contributed by atoms with van der Waals surface area (Å²) in [5, 5.41) is 12.9. The predicted molar refractivity (Wildman–Crippen MR) is 186 cm³/mol. The summed E-state index contributed by atoms with van der Waals surface area (Å²) in [4.78, 5) is 32.9. The van der Waals surface area contributed by atoms with E-state index in [9.17, 15) is 14.7 Å². The van der Waals surface area contributed by atoms with Crippen LogP contribution in [0.2, 0.25) is 0 Å². The van der Waals surface area contributed by atoms with Crippen LogP contribution in [-0.4, -0.2) is 69.9 Å². The molecule has 0 bridgehead atoms. The van der Waals surface area contributed by atoms with Crippen molar-refractivity contribution in [1.82, 2.24) is 14.4 Å². The number of ether oxygens (including phenoxy) is 2. The summed E-state index contributed by atoms with van der Waals surface area (Å²) in [6.07, 6.45) is 5.41. The number of nitrogens with zero attached hydrogens (tertiary/aromatic N) is 3. The highest BCUT2D eigenvalue weighted by atomic mass is 32.1. The van der Waals surface area contributed by atoms with Crippen LogP contribution in [0.25, 0.3) is 22.0 Å². The Kier molecular flexibility index (Phi) is 10.1. The fraction of sp³-hybridized carbons (Fsp3) is 0.474. The van der Waals surface area contributed by atoms with Crippen molar-refractivity contribution in [2.45, 2.75) is 83.7 Å². The van der Waals surface area contributed by atoms with Crippen LogP contribution >= 0.6 is 11.3 Å². The highest BCUT2D eigenvalue weighted by Crippen LogP contribution is 2.40. The number of methoxy groups -OCH3 is 1. The van der Waals surface area contributed by atoms with Crippen molar-refractivity contribution in [3.8, 4) is 11.1 Å². The van der Waals surface area contributed by atoms with E-state index in [2.05, 4.69) is 69.6 Å². The van der Waals surface area contributed by atoms with Gasteiger partial charge in [0.25, 0.3) is 0 Å². The van der Waals surface area contributed by atoms with Gasteiger partial charge in [0.05, 0.1) is 12.5 Å². The molecule has 1 aliphatic carbocycles. The molecule has 9 heteroatoms. The molecule has 4 aromatic rings. The minimum atomic E-state index is -0.618. The third-order valence-corrected chi connectivity index (χ3v) is 10.2. The highest BCUT2D eigenvalue weighted by Gasteiger charge is 2.43. The van der Waals surface area contributed by atoms with Crippen molar-refractivity contribution in [2.75, 3.05) is 26.8 Å². The fourth-order valence-corrected chi connectivity index (χ4v) is 7.59. The van der Waals surface area contributed by atoms with Crippen LogP contribution in [0.1, 0.15) is 68.4 Å². The first-order valence-electron chi connectivity index (χ1n) is 16.8. The number of aliphatic hydroxyl groups is 1. The Morgan fingerprint density at radius 3 is 2.57 bits per heavy atom. The molecule has 2 fully saturated rings. The lowest BCUT2D eigenvalue weighted by atomic mass is 9.79. The van der Waals surface area contributed by atoms with E-state index in [0.717, 1.165) is 52.9 Å². The van der Waals surface area contributed by atoms with Crippen molar-refractivity contribution in [3.05, 3.63) is 82.2 Å². The Balaban J connectivity index is 1.32. The number of carbonyl (C=O) groups is 2. The number of amides is 2. The van der Waals surface area contributed by atoms with Crippen LogP contribution < -0.4 is 0 Å². The first kappa shape index (κ1) is 33.2. The Morgan fingerprint density at radius 2 is 1.85 bits per heavy atom. The largest absolute Gasteiger partial charge is 0.444 e. The number of hydrogen-bond donors (Lipinski definition) is 1. The molecular weight excluding hydrogens is 611 g/mol. The average Bonchev–Trinajstić information content (AvgIpc) is 3.68. The van der Waals surface area contributed by atoms with E-state index in [-0.39, 0.29) is 30.6 Å². The lowest BCUT2D eigenvalue weighted by Crippen LogP contribution is -2.51. The van der Waals surface area contributed by atoms with Crippen molar-refractivity contribution >= 4 is 34.2 Å². The normalized spacial score (nSPS) is 18.4. The first-order valence-corrected chi connectivity index (χ1v) is 17.7. The molecular formula is C38H47N3O5S. The predicted octanol–water partition coefficient (Wildman–Crippen LogP) is 7.43. The topological polar surface area (TPSA) is 84.2 Å². The minimum Gasteiger partial charge on any atom is -0.444 e. The summed E-state index contributed by atoms with van der Waals surface area (Å²) >= 11 is 1.54. The summed E-state index contributed by atoms with van der Waals surface area (Å²) in [5.41, 5.74) is 4.94. The van der Waals surface area contributed by atoms with Crippen LogP contribution in [0.4, 0.5) is 4.79 Å². The van der Waals surface area contributed by atoms with E-state index in [1.165, 1.54) is 10.9 Å². The van der Waals surface area contributed by atoms with Gasteiger partial charge >= 0.3 is 6.09 Å². The lowest BCUT2D eigenvalue weighted by molar-refractivity contribution is -0.139. The third-order valence-electron chi connectivity index (χ3n) is 9.27. The fourth-order valence-electron chi connectivity index (χ4n) is 6.84. The lowest BCUT2D eigenvalue weighted by Gasteiger charge is -2.40. The Bertz CT molecular complexity index is 1700. The van der Waals surface area contributed by atoms with Gasteiger partial charge in [-0.2, -0.15) is 0 Å². The van der Waals surface area contributed by atoms with Gasteiger partial charge in [0, 0.05) is 67.9 Å². The van der Waals surface area contributed by atoms with E-state index in [0.29, 0.717) is 32.7 Å². The Labute approximate surface area is 281 Å². The molecule has 250 valence electrons. The van der Waals surface area contributed by atoms with E-state index in [1.54, 1.807) is 23.3 Å². The maximum Gasteiger partial charge on any atom is 0.410 e. The summed E-state index contributed by atoms with van der Waals surface area (Å²) in [7, 11) is 1.73. The van der Waals surface area contributed by atoms with Crippen LogP contribution in [-0.2, 0) is 34.0 Å². The highest BCUT2D eigenvalue weighted by molar-refractivity contribution is 7.10. The zero-order chi connectivity index (χ0) is 33.1. The van der Waals surface area contributed by atoms with Gasteiger partial charge in [0.2, 0.25) is 5.91 Å².